The summed E-state index contributed by atoms with van der Waals surface area (Å²) in [4.78, 5) is 0. The molecule has 1 heterocycles. The number of halogens is 1. The quantitative estimate of drug-likeness (QED) is 0.795. The van der Waals surface area contributed by atoms with E-state index < -0.39 is 6.10 Å². The molecular formula is C8H9BrOS. The molecular weight excluding hydrogens is 224 g/mol. The van der Waals surface area contributed by atoms with Crippen molar-refractivity contribution in [3.63, 3.8) is 0 Å². The number of hydrogen-bond acceptors (Lipinski definition) is 2. The van der Waals surface area contributed by atoms with Crippen LogP contribution in [-0.2, 0) is 0 Å². The second-order valence-electron chi connectivity index (χ2n) is 2.22. The third-order valence-electron chi connectivity index (χ3n) is 1.36. The third kappa shape index (κ3) is 2.43. The lowest BCUT2D eigenvalue weighted by Gasteiger charge is -2.03. The van der Waals surface area contributed by atoms with E-state index in [1.54, 1.807) is 17.4 Å². The monoisotopic (exact) mass is 232 g/mol. The number of thiophene rings is 1. The molecule has 0 aliphatic rings. The zero-order valence-corrected chi connectivity index (χ0v) is 8.36. The lowest BCUT2D eigenvalue weighted by Crippen LogP contribution is -1.91. The second kappa shape index (κ2) is 4.04. The maximum Gasteiger partial charge on any atom is 0.0832 e. The Morgan fingerprint density at radius 3 is 3.00 bits per heavy atom. The van der Waals surface area contributed by atoms with Gasteiger partial charge in [-0.25, -0.2) is 0 Å². The van der Waals surface area contributed by atoms with Crippen molar-refractivity contribution >= 4 is 27.3 Å². The standard InChI is InChI=1S/C8H9BrOS/c1-2-3-7(10)6-4-8(9)11-5-6/h2,4-5,7,10H,1,3H2. The molecule has 0 radical (unpaired) electrons. The van der Waals surface area contributed by atoms with Gasteiger partial charge >= 0.3 is 0 Å². The molecule has 1 aromatic heterocycles. The highest BCUT2D eigenvalue weighted by Crippen LogP contribution is 2.26. The Morgan fingerprint density at radius 2 is 2.55 bits per heavy atom. The lowest BCUT2D eigenvalue weighted by atomic mass is 10.1. The summed E-state index contributed by atoms with van der Waals surface area (Å²) in [5.74, 6) is 0. The largest absolute Gasteiger partial charge is 0.388 e. The minimum absolute atomic E-state index is 0.393. The van der Waals surface area contributed by atoms with Gasteiger partial charge in [-0.3, -0.25) is 0 Å². The predicted molar refractivity (Wildman–Crippen MR) is 51.8 cm³/mol. The molecule has 60 valence electrons. The Bertz CT molecular complexity index is 244. The Kier molecular flexibility index (Phi) is 3.30. The highest BCUT2D eigenvalue weighted by Gasteiger charge is 2.06. The highest BCUT2D eigenvalue weighted by molar-refractivity contribution is 9.11. The van der Waals surface area contributed by atoms with Crippen molar-refractivity contribution in [1.82, 2.24) is 0 Å². The normalized spacial score (nSPS) is 12.9. The second-order valence-corrected chi connectivity index (χ2v) is 4.51. The summed E-state index contributed by atoms with van der Waals surface area (Å²) < 4.78 is 1.05. The molecule has 11 heavy (non-hydrogen) atoms. The molecule has 1 aromatic rings. The lowest BCUT2D eigenvalue weighted by molar-refractivity contribution is 0.182. The van der Waals surface area contributed by atoms with Crippen molar-refractivity contribution in [2.24, 2.45) is 0 Å². The van der Waals surface area contributed by atoms with Gasteiger partial charge in [-0.1, -0.05) is 6.08 Å². The molecule has 0 spiro atoms. The molecule has 0 aliphatic carbocycles. The minimum atomic E-state index is -0.393. The molecule has 1 nitrogen and oxygen atoms in total. The summed E-state index contributed by atoms with van der Waals surface area (Å²) in [6, 6.07) is 1.93. The van der Waals surface area contributed by atoms with Gasteiger partial charge in [0.05, 0.1) is 9.89 Å². The van der Waals surface area contributed by atoms with Gasteiger partial charge < -0.3 is 5.11 Å². The van der Waals surface area contributed by atoms with Crippen LogP contribution in [0.3, 0.4) is 0 Å². The molecule has 0 saturated carbocycles. The van der Waals surface area contributed by atoms with Crippen LogP contribution in [0.5, 0.6) is 0 Å². The fourth-order valence-corrected chi connectivity index (χ4v) is 2.01. The van der Waals surface area contributed by atoms with Crippen molar-refractivity contribution < 1.29 is 5.11 Å². The molecule has 3 heteroatoms. The highest BCUT2D eigenvalue weighted by atomic mass is 79.9. The molecule has 1 rings (SSSR count). The SMILES string of the molecule is C=CCC(O)c1csc(Br)c1. The zero-order valence-electron chi connectivity index (χ0n) is 5.96. The van der Waals surface area contributed by atoms with Crippen molar-refractivity contribution in [3.05, 3.63) is 33.5 Å². The average molecular weight is 233 g/mol. The summed E-state index contributed by atoms with van der Waals surface area (Å²) >= 11 is 4.91. The molecule has 0 saturated heterocycles. The summed E-state index contributed by atoms with van der Waals surface area (Å²) in [5, 5.41) is 11.4. The van der Waals surface area contributed by atoms with E-state index in [1.807, 2.05) is 11.4 Å². The van der Waals surface area contributed by atoms with Crippen LogP contribution in [-0.4, -0.2) is 5.11 Å². The van der Waals surface area contributed by atoms with Crippen LogP contribution in [0.1, 0.15) is 18.1 Å². The van der Waals surface area contributed by atoms with Gasteiger partial charge in [-0.15, -0.1) is 17.9 Å². The van der Waals surface area contributed by atoms with E-state index in [-0.39, 0.29) is 0 Å². The van der Waals surface area contributed by atoms with Crippen LogP contribution < -0.4 is 0 Å². The summed E-state index contributed by atoms with van der Waals surface area (Å²) in [6.07, 6.45) is 1.94. The van der Waals surface area contributed by atoms with E-state index in [4.69, 9.17) is 0 Å². The number of aliphatic hydroxyl groups excluding tert-OH is 1. The van der Waals surface area contributed by atoms with Crippen LogP contribution in [0.15, 0.2) is 27.9 Å². The topological polar surface area (TPSA) is 20.2 Å². The van der Waals surface area contributed by atoms with Gasteiger partial charge in [0, 0.05) is 0 Å². The van der Waals surface area contributed by atoms with E-state index >= 15 is 0 Å². The first-order chi connectivity index (χ1) is 5.24. The molecule has 0 fully saturated rings. The average Bonchev–Trinajstić information content (AvgIpc) is 2.36. The van der Waals surface area contributed by atoms with E-state index in [2.05, 4.69) is 22.5 Å². The van der Waals surface area contributed by atoms with E-state index in [1.165, 1.54) is 0 Å². The molecule has 1 unspecified atom stereocenters. The predicted octanol–water partition coefficient (Wildman–Crippen LogP) is 3.12. The fraction of sp³-hybridized carbons (Fsp3) is 0.250. The first-order valence-corrected chi connectivity index (χ1v) is 4.94. The van der Waals surface area contributed by atoms with Crippen LogP contribution in [0.25, 0.3) is 0 Å². The fourth-order valence-electron chi connectivity index (χ4n) is 0.792. The van der Waals surface area contributed by atoms with Gasteiger partial charge in [0.2, 0.25) is 0 Å². The summed E-state index contributed by atoms with van der Waals surface area (Å²) in [7, 11) is 0. The number of rotatable bonds is 3. The Hall–Kier alpha value is -0.120. The summed E-state index contributed by atoms with van der Waals surface area (Å²) in [6.45, 7) is 3.56. The molecule has 1 N–H and O–H groups in total. The zero-order chi connectivity index (χ0) is 8.27. The van der Waals surface area contributed by atoms with Gasteiger partial charge in [-0.2, -0.15) is 0 Å². The minimum Gasteiger partial charge on any atom is -0.388 e. The molecule has 0 aliphatic heterocycles. The number of aliphatic hydroxyl groups is 1. The maximum atomic E-state index is 9.45. The Morgan fingerprint density at radius 1 is 1.82 bits per heavy atom. The maximum absolute atomic E-state index is 9.45. The van der Waals surface area contributed by atoms with Gasteiger partial charge in [-0.05, 0) is 39.4 Å². The van der Waals surface area contributed by atoms with Gasteiger partial charge in [0.1, 0.15) is 0 Å². The van der Waals surface area contributed by atoms with Crippen LogP contribution >= 0.6 is 27.3 Å². The van der Waals surface area contributed by atoms with Crippen molar-refractivity contribution in [2.45, 2.75) is 12.5 Å². The van der Waals surface area contributed by atoms with E-state index in [9.17, 15) is 5.11 Å². The molecule has 0 bridgehead atoms. The van der Waals surface area contributed by atoms with Crippen molar-refractivity contribution in [3.8, 4) is 0 Å². The molecule has 0 aromatic carbocycles. The summed E-state index contributed by atoms with van der Waals surface area (Å²) in [5.41, 5.74) is 0.960. The van der Waals surface area contributed by atoms with Gasteiger partial charge in [0.15, 0.2) is 0 Å². The van der Waals surface area contributed by atoms with Crippen molar-refractivity contribution in [1.29, 1.82) is 0 Å². The molecule has 1 atom stereocenters. The Labute approximate surface area is 78.5 Å². The molecule has 0 amide bonds. The Balaban J connectivity index is 2.67. The van der Waals surface area contributed by atoms with Crippen molar-refractivity contribution in [2.75, 3.05) is 0 Å². The van der Waals surface area contributed by atoms with E-state index in [0.29, 0.717) is 6.42 Å². The van der Waals surface area contributed by atoms with Crippen LogP contribution in [0, 0.1) is 0 Å². The first-order valence-electron chi connectivity index (χ1n) is 3.27. The van der Waals surface area contributed by atoms with Gasteiger partial charge in [0.25, 0.3) is 0 Å². The smallest absolute Gasteiger partial charge is 0.0832 e. The number of hydrogen-bond donors (Lipinski definition) is 1. The van der Waals surface area contributed by atoms with Crippen LogP contribution in [0.2, 0.25) is 0 Å². The van der Waals surface area contributed by atoms with E-state index in [0.717, 1.165) is 9.35 Å². The van der Waals surface area contributed by atoms with Crippen LogP contribution in [0.4, 0.5) is 0 Å². The first kappa shape index (κ1) is 8.97. The third-order valence-corrected chi connectivity index (χ3v) is 2.89.